The van der Waals surface area contributed by atoms with Gasteiger partial charge in [-0.3, -0.25) is 10.1 Å². The lowest BCUT2D eigenvalue weighted by Crippen LogP contribution is -2.58. The fourth-order valence-corrected chi connectivity index (χ4v) is 3.06. The van der Waals surface area contributed by atoms with Crippen LogP contribution in [0.15, 0.2) is 22.6 Å². The summed E-state index contributed by atoms with van der Waals surface area (Å²) in [5.41, 5.74) is -0.0354. The van der Waals surface area contributed by atoms with Gasteiger partial charge in [-0.1, -0.05) is 0 Å². The van der Waals surface area contributed by atoms with Gasteiger partial charge in [0.15, 0.2) is 5.58 Å². The Balaban J connectivity index is 1.66. The van der Waals surface area contributed by atoms with Gasteiger partial charge in [-0.2, -0.15) is 4.98 Å². The molecule has 0 bridgehead atoms. The molecule has 0 aliphatic carbocycles. The second-order valence-electron chi connectivity index (χ2n) is 5.62. The van der Waals surface area contributed by atoms with E-state index >= 15 is 0 Å². The molecule has 1 spiro atoms. The number of fused-ring (bicyclic) bond motifs is 1. The standard InChI is InChI=1S/C14H13FN4O3/c15-8-2-3-10-9(6-8)16-13(22-10)19-5-1-4-14(7-19)11(20)17-12(21)18-14/h2-3,6H,1,4-5,7H2,(H2,17,18,20,21). The van der Waals surface area contributed by atoms with Gasteiger partial charge in [0.1, 0.15) is 16.9 Å². The Morgan fingerprint density at radius 2 is 2.23 bits per heavy atom. The molecule has 2 saturated heterocycles. The zero-order valence-corrected chi connectivity index (χ0v) is 11.6. The molecule has 8 heteroatoms. The molecule has 2 aliphatic heterocycles. The topological polar surface area (TPSA) is 87.5 Å². The van der Waals surface area contributed by atoms with Crippen molar-refractivity contribution in [2.75, 3.05) is 18.0 Å². The Morgan fingerprint density at radius 1 is 1.36 bits per heavy atom. The van der Waals surface area contributed by atoms with Crippen LogP contribution in [-0.2, 0) is 4.79 Å². The van der Waals surface area contributed by atoms with E-state index in [0.717, 1.165) is 0 Å². The van der Waals surface area contributed by atoms with Gasteiger partial charge < -0.3 is 14.6 Å². The first-order valence-corrected chi connectivity index (χ1v) is 7.00. The van der Waals surface area contributed by atoms with Gasteiger partial charge in [0.05, 0.1) is 6.54 Å². The van der Waals surface area contributed by atoms with Crippen molar-refractivity contribution in [1.29, 1.82) is 0 Å². The number of nitrogens with zero attached hydrogens (tertiary/aromatic N) is 2. The molecule has 114 valence electrons. The van der Waals surface area contributed by atoms with E-state index in [-0.39, 0.29) is 18.3 Å². The Labute approximate surface area is 124 Å². The van der Waals surface area contributed by atoms with Crippen LogP contribution in [0.3, 0.4) is 0 Å². The van der Waals surface area contributed by atoms with E-state index in [1.54, 1.807) is 4.90 Å². The van der Waals surface area contributed by atoms with Crippen LogP contribution < -0.4 is 15.5 Å². The molecule has 1 aromatic heterocycles. The number of hydrogen-bond acceptors (Lipinski definition) is 5. The Morgan fingerprint density at radius 3 is 3.00 bits per heavy atom. The highest BCUT2D eigenvalue weighted by atomic mass is 19.1. The number of aromatic nitrogens is 1. The van der Waals surface area contributed by atoms with Gasteiger partial charge in [0, 0.05) is 12.6 Å². The first-order valence-electron chi connectivity index (χ1n) is 7.00. The number of halogens is 1. The van der Waals surface area contributed by atoms with Crippen LogP contribution in [0.5, 0.6) is 0 Å². The SMILES string of the molecule is O=C1NC(=O)C2(CCCN(c3nc4cc(F)ccc4o3)C2)N1. The quantitative estimate of drug-likeness (QED) is 0.772. The van der Waals surface area contributed by atoms with Gasteiger partial charge in [-0.15, -0.1) is 0 Å². The summed E-state index contributed by atoms with van der Waals surface area (Å²) in [7, 11) is 0. The van der Waals surface area contributed by atoms with Crippen LogP contribution in [-0.4, -0.2) is 35.6 Å². The molecule has 7 nitrogen and oxygen atoms in total. The highest BCUT2D eigenvalue weighted by Gasteiger charge is 2.49. The number of oxazole rings is 1. The van der Waals surface area contributed by atoms with Crippen LogP contribution >= 0.6 is 0 Å². The smallest absolute Gasteiger partial charge is 0.322 e. The lowest BCUT2D eigenvalue weighted by atomic mass is 9.89. The molecule has 1 atom stereocenters. The molecule has 4 rings (SSSR count). The number of urea groups is 1. The largest absolute Gasteiger partial charge is 0.423 e. The molecule has 0 saturated carbocycles. The van der Waals surface area contributed by atoms with Gasteiger partial charge in [-0.05, 0) is 25.0 Å². The molecule has 22 heavy (non-hydrogen) atoms. The predicted octanol–water partition coefficient (Wildman–Crippen LogP) is 1.15. The predicted molar refractivity (Wildman–Crippen MR) is 74.8 cm³/mol. The number of carbonyl (C=O) groups is 2. The van der Waals surface area contributed by atoms with E-state index in [0.29, 0.717) is 36.5 Å². The van der Waals surface area contributed by atoms with Crippen LogP contribution in [0.25, 0.3) is 11.1 Å². The second-order valence-corrected chi connectivity index (χ2v) is 5.62. The summed E-state index contributed by atoms with van der Waals surface area (Å²) in [4.78, 5) is 29.5. The highest BCUT2D eigenvalue weighted by Crippen LogP contribution is 2.30. The Kier molecular flexibility index (Phi) is 2.63. The number of imide groups is 1. The molecule has 3 amide bonds. The van der Waals surface area contributed by atoms with E-state index in [4.69, 9.17) is 4.42 Å². The van der Waals surface area contributed by atoms with Crippen molar-refractivity contribution in [1.82, 2.24) is 15.6 Å². The maximum Gasteiger partial charge on any atom is 0.322 e. The molecule has 1 unspecified atom stereocenters. The summed E-state index contributed by atoms with van der Waals surface area (Å²) in [6.45, 7) is 0.931. The molecule has 2 aromatic rings. The number of amides is 3. The fourth-order valence-electron chi connectivity index (χ4n) is 3.06. The number of nitrogens with one attached hydrogen (secondary N) is 2. The molecule has 2 aliphatic rings. The molecular formula is C14H13FN4O3. The highest BCUT2D eigenvalue weighted by molar-refractivity contribution is 6.07. The normalized spacial score (nSPS) is 24.9. The van der Waals surface area contributed by atoms with Gasteiger partial charge in [0.25, 0.3) is 11.9 Å². The minimum Gasteiger partial charge on any atom is -0.423 e. The minimum atomic E-state index is -0.943. The summed E-state index contributed by atoms with van der Waals surface area (Å²) in [5, 5.41) is 4.96. The van der Waals surface area contributed by atoms with Crippen LogP contribution in [0.1, 0.15) is 12.8 Å². The molecule has 2 fully saturated rings. The summed E-state index contributed by atoms with van der Waals surface area (Å²) in [6, 6.07) is 3.97. The van der Waals surface area contributed by atoms with Crippen LogP contribution in [0.4, 0.5) is 15.2 Å². The fraction of sp³-hybridized carbons (Fsp3) is 0.357. The lowest BCUT2D eigenvalue weighted by molar-refractivity contribution is -0.124. The summed E-state index contributed by atoms with van der Waals surface area (Å²) in [5.74, 6) is -0.714. The third kappa shape index (κ3) is 1.91. The number of benzene rings is 1. The molecule has 2 N–H and O–H groups in total. The maximum atomic E-state index is 13.2. The van der Waals surface area contributed by atoms with Crippen molar-refractivity contribution in [2.45, 2.75) is 18.4 Å². The van der Waals surface area contributed by atoms with Crippen molar-refractivity contribution in [3.63, 3.8) is 0 Å². The Hall–Kier alpha value is -2.64. The van der Waals surface area contributed by atoms with Crippen molar-refractivity contribution >= 4 is 29.1 Å². The minimum absolute atomic E-state index is 0.278. The molecule has 0 radical (unpaired) electrons. The number of rotatable bonds is 1. The first kappa shape index (κ1) is 13.1. The Bertz CT molecular complexity index is 789. The number of carbonyl (C=O) groups excluding carboxylic acids is 2. The summed E-state index contributed by atoms with van der Waals surface area (Å²) >= 11 is 0. The number of piperidine rings is 1. The van der Waals surface area contributed by atoms with Crippen molar-refractivity contribution in [2.24, 2.45) is 0 Å². The third-order valence-corrected chi connectivity index (χ3v) is 4.12. The average Bonchev–Trinajstić information content (AvgIpc) is 3.00. The van der Waals surface area contributed by atoms with Gasteiger partial charge >= 0.3 is 6.03 Å². The first-order chi connectivity index (χ1) is 10.6. The number of anilines is 1. The summed E-state index contributed by atoms with van der Waals surface area (Å²) < 4.78 is 18.9. The second kappa shape index (κ2) is 4.43. The van der Waals surface area contributed by atoms with E-state index in [1.165, 1.54) is 18.2 Å². The van der Waals surface area contributed by atoms with Gasteiger partial charge in [0.2, 0.25) is 0 Å². The lowest BCUT2D eigenvalue weighted by Gasteiger charge is -2.37. The maximum absolute atomic E-state index is 13.2. The molecular weight excluding hydrogens is 291 g/mol. The van der Waals surface area contributed by atoms with E-state index in [9.17, 15) is 14.0 Å². The molecule has 1 aromatic carbocycles. The zero-order valence-electron chi connectivity index (χ0n) is 11.6. The van der Waals surface area contributed by atoms with E-state index < -0.39 is 11.6 Å². The van der Waals surface area contributed by atoms with E-state index in [2.05, 4.69) is 15.6 Å². The van der Waals surface area contributed by atoms with Crippen LogP contribution in [0.2, 0.25) is 0 Å². The van der Waals surface area contributed by atoms with Gasteiger partial charge in [-0.25, -0.2) is 9.18 Å². The van der Waals surface area contributed by atoms with Crippen molar-refractivity contribution in [3.05, 3.63) is 24.0 Å². The third-order valence-electron chi connectivity index (χ3n) is 4.12. The van der Waals surface area contributed by atoms with Crippen molar-refractivity contribution < 1.29 is 18.4 Å². The monoisotopic (exact) mass is 304 g/mol. The average molecular weight is 304 g/mol. The summed E-state index contributed by atoms with van der Waals surface area (Å²) in [6.07, 6.45) is 1.27. The van der Waals surface area contributed by atoms with Crippen LogP contribution in [0, 0.1) is 5.82 Å². The molecule has 3 heterocycles. The van der Waals surface area contributed by atoms with E-state index in [1.807, 2.05) is 0 Å². The van der Waals surface area contributed by atoms with Crippen molar-refractivity contribution in [3.8, 4) is 0 Å². The number of hydrogen-bond donors (Lipinski definition) is 2. The zero-order chi connectivity index (χ0) is 15.3.